The monoisotopic (exact) mass is 286 g/mol. The first-order valence-corrected chi connectivity index (χ1v) is 5.18. The van der Waals surface area contributed by atoms with E-state index in [9.17, 15) is 22.0 Å². The minimum Gasteiger partial charge on any atom is -0.335 e. The largest absolute Gasteiger partial charge is 0.335 e. The Morgan fingerprint density at radius 2 is 1.45 bits per heavy atom. The van der Waals surface area contributed by atoms with E-state index in [1.165, 1.54) is 6.20 Å². The first-order chi connectivity index (χ1) is 9.50. The zero-order chi connectivity index (χ0) is 14.4. The molecular formula is C11H3F5N4. The highest BCUT2D eigenvalue weighted by Crippen LogP contribution is 2.30. The third kappa shape index (κ3) is 1.63. The van der Waals surface area contributed by atoms with E-state index in [1.807, 2.05) is 0 Å². The van der Waals surface area contributed by atoms with Crippen LogP contribution >= 0.6 is 0 Å². The minimum atomic E-state index is -2.22. The lowest BCUT2D eigenvalue weighted by Crippen LogP contribution is -2.04. The molecule has 0 aliphatic heterocycles. The van der Waals surface area contributed by atoms with Crippen LogP contribution in [0.5, 0.6) is 0 Å². The number of aromatic nitrogens is 4. The molecule has 0 unspecified atom stereocenters. The molecule has 0 amide bonds. The number of imidazole rings is 1. The molecule has 0 saturated carbocycles. The van der Waals surface area contributed by atoms with E-state index in [1.54, 1.807) is 0 Å². The van der Waals surface area contributed by atoms with Crippen LogP contribution < -0.4 is 0 Å². The molecule has 1 aromatic carbocycles. The molecule has 0 radical (unpaired) electrons. The van der Waals surface area contributed by atoms with Crippen LogP contribution in [0.2, 0.25) is 0 Å². The Labute approximate surface area is 107 Å². The summed E-state index contributed by atoms with van der Waals surface area (Å²) in [7, 11) is 0. The van der Waals surface area contributed by atoms with Crippen LogP contribution in [0.25, 0.3) is 22.6 Å². The molecule has 0 saturated heterocycles. The number of H-pyrrole nitrogens is 1. The molecule has 102 valence electrons. The van der Waals surface area contributed by atoms with Gasteiger partial charge in [-0.15, -0.1) is 0 Å². The van der Waals surface area contributed by atoms with E-state index in [0.29, 0.717) is 0 Å². The molecule has 0 aliphatic carbocycles. The summed E-state index contributed by atoms with van der Waals surface area (Å²) in [6, 6.07) is 0. The van der Waals surface area contributed by atoms with Crippen molar-refractivity contribution in [2.45, 2.75) is 0 Å². The van der Waals surface area contributed by atoms with Gasteiger partial charge in [0.2, 0.25) is 5.82 Å². The molecule has 3 aromatic rings. The van der Waals surface area contributed by atoms with Crippen LogP contribution in [0, 0.1) is 29.1 Å². The summed E-state index contributed by atoms with van der Waals surface area (Å²) in [5.74, 6) is -10.7. The molecule has 20 heavy (non-hydrogen) atoms. The quantitative estimate of drug-likeness (QED) is 0.425. The molecule has 3 rings (SSSR count). The van der Waals surface area contributed by atoms with Crippen LogP contribution in [0.4, 0.5) is 22.0 Å². The number of hydrogen-bond acceptors (Lipinski definition) is 3. The second kappa shape index (κ2) is 4.22. The van der Waals surface area contributed by atoms with Gasteiger partial charge in [-0.25, -0.2) is 36.9 Å². The van der Waals surface area contributed by atoms with Crippen LogP contribution in [0.15, 0.2) is 12.5 Å². The number of aromatic amines is 1. The molecule has 2 aromatic heterocycles. The molecule has 0 aliphatic rings. The molecule has 0 fully saturated rings. The topological polar surface area (TPSA) is 54.5 Å². The van der Waals surface area contributed by atoms with Gasteiger partial charge in [0.25, 0.3) is 0 Å². The van der Waals surface area contributed by atoms with E-state index < -0.39 is 40.5 Å². The molecule has 2 heterocycles. The number of nitrogens with zero attached hydrogens (tertiary/aromatic N) is 3. The van der Waals surface area contributed by atoms with Crippen LogP contribution in [0.3, 0.4) is 0 Å². The average molecular weight is 286 g/mol. The molecule has 1 N–H and O–H groups in total. The van der Waals surface area contributed by atoms with Gasteiger partial charge in [-0.05, 0) is 0 Å². The van der Waals surface area contributed by atoms with Crippen molar-refractivity contribution < 1.29 is 22.0 Å². The maximum Gasteiger partial charge on any atom is 0.200 e. The van der Waals surface area contributed by atoms with Gasteiger partial charge in [0.1, 0.15) is 17.7 Å². The fourth-order valence-electron chi connectivity index (χ4n) is 1.69. The summed E-state index contributed by atoms with van der Waals surface area (Å²) >= 11 is 0. The first-order valence-electron chi connectivity index (χ1n) is 5.18. The molecular weight excluding hydrogens is 283 g/mol. The first kappa shape index (κ1) is 12.5. The second-order valence-electron chi connectivity index (χ2n) is 3.79. The van der Waals surface area contributed by atoms with E-state index in [-0.39, 0.29) is 11.2 Å². The van der Waals surface area contributed by atoms with Crippen molar-refractivity contribution in [1.29, 1.82) is 0 Å². The van der Waals surface area contributed by atoms with E-state index in [4.69, 9.17) is 0 Å². The highest BCUT2D eigenvalue weighted by atomic mass is 19.2. The predicted octanol–water partition coefficient (Wildman–Crippen LogP) is 2.72. The number of rotatable bonds is 1. The van der Waals surface area contributed by atoms with E-state index in [2.05, 4.69) is 19.9 Å². The molecule has 0 spiro atoms. The van der Waals surface area contributed by atoms with Crippen LogP contribution in [-0.2, 0) is 0 Å². The Bertz CT molecular complexity index is 767. The summed E-state index contributed by atoms with van der Waals surface area (Å²) < 4.78 is 66.4. The van der Waals surface area contributed by atoms with Crippen molar-refractivity contribution in [1.82, 2.24) is 19.9 Å². The van der Waals surface area contributed by atoms with Gasteiger partial charge in [-0.3, -0.25) is 0 Å². The predicted molar refractivity (Wildman–Crippen MR) is 56.9 cm³/mol. The number of nitrogens with one attached hydrogen (secondary N) is 1. The van der Waals surface area contributed by atoms with Gasteiger partial charge in [-0.2, -0.15) is 0 Å². The van der Waals surface area contributed by atoms with Gasteiger partial charge in [-0.1, -0.05) is 0 Å². The van der Waals surface area contributed by atoms with Crippen molar-refractivity contribution in [3.8, 4) is 11.4 Å². The minimum absolute atomic E-state index is 0.0407. The van der Waals surface area contributed by atoms with Crippen molar-refractivity contribution in [3.63, 3.8) is 0 Å². The highest BCUT2D eigenvalue weighted by molar-refractivity contribution is 5.75. The number of hydrogen-bond donors (Lipinski definition) is 1. The smallest absolute Gasteiger partial charge is 0.200 e. The zero-order valence-corrected chi connectivity index (χ0v) is 9.39. The maximum absolute atomic E-state index is 13.6. The standard InChI is InChI=1S/C11H3F5N4/c12-5-4(6(13)8(15)9(16)7(5)14)11-19-3-1-17-2-18-10(3)20-11/h1-2H,(H,17,18,19,20). The lowest BCUT2D eigenvalue weighted by Gasteiger charge is -2.05. The average Bonchev–Trinajstić information content (AvgIpc) is 2.86. The van der Waals surface area contributed by atoms with Gasteiger partial charge in [0.15, 0.2) is 28.9 Å². The van der Waals surface area contributed by atoms with Gasteiger partial charge in [0.05, 0.1) is 11.8 Å². The SMILES string of the molecule is Fc1c(F)c(F)c(-c2nc3ncncc3[nH]2)c(F)c1F. The van der Waals surface area contributed by atoms with Gasteiger partial charge >= 0.3 is 0 Å². The summed E-state index contributed by atoms with van der Waals surface area (Å²) in [5.41, 5.74) is -0.898. The van der Waals surface area contributed by atoms with Crippen molar-refractivity contribution in [2.75, 3.05) is 0 Å². The molecule has 0 atom stereocenters. The van der Waals surface area contributed by atoms with Gasteiger partial charge < -0.3 is 4.98 Å². The lowest BCUT2D eigenvalue weighted by molar-refractivity contribution is 0.381. The van der Waals surface area contributed by atoms with Gasteiger partial charge in [0, 0.05) is 0 Å². The third-order valence-electron chi connectivity index (χ3n) is 2.61. The third-order valence-corrected chi connectivity index (χ3v) is 2.61. The molecule has 9 heteroatoms. The molecule has 4 nitrogen and oxygen atoms in total. The number of fused-ring (bicyclic) bond motifs is 1. The Balaban J connectivity index is 2.34. The fraction of sp³-hybridized carbons (Fsp3) is 0. The summed E-state index contributed by atoms with van der Waals surface area (Å²) in [6.07, 6.45) is 2.39. The Kier molecular flexibility index (Phi) is 2.63. The van der Waals surface area contributed by atoms with Crippen LogP contribution in [-0.4, -0.2) is 19.9 Å². The normalized spacial score (nSPS) is 11.2. The summed E-state index contributed by atoms with van der Waals surface area (Å²) in [5, 5.41) is 0. The van der Waals surface area contributed by atoms with Crippen molar-refractivity contribution in [3.05, 3.63) is 41.6 Å². The fourth-order valence-corrected chi connectivity index (χ4v) is 1.69. The molecule has 0 bridgehead atoms. The maximum atomic E-state index is 13.6. The summed E-state index contributed by atoms with van der Waals surface area (Å²) in [6.45, 7) is 0. The summed E-state index contributed by atoms with van der Waals surface area (Å²) in [4.78, 5) is 13.4. The number of benzene rings is 1. The van der Waals surface area contributed by atoms with Crippen LogP contribution in [0.1, 0.15) is 0 Å². The van der Waals surface area contributed by atoms with Crippen molar-refractivity contribution >= 4 is 11.2 Å². The van der Waals surface area contributed by atoms with E-state index in [0.717, 1.165) is 6.33 Å². The second-order valence-corrected chi connectivity index (χ2v) is 3.79. The Morgan fingerprint density at radius 3 is 2.05 bits per heavy atom. The lowest BCUT2D eigenvalue weighted by atomic mass is 10.1. The Morgan fingerprint density at radius 1 is 0.850 bits per heavy atom. The number of halogens is 5. The zero-order valence-electron chi connectivity index (χ0n) is 9.39. The van der Waals surface area contributed by atoms with E-state index >= 15 is 0 Å². The van der Waals surface area contributed by atoms with Crippen molar-refractivity contribution in [2.24, 2.45) is 0 Å². The Hall–Kier alpha value is -2.58. The highest BCUT2D eigenvalue weighted by Gasteiger charge is 2.28.